The van der Waals surface area contributed by atoms with Crippen molar-refractivity contribution in [3.05, 3.63) is 52.1 Å². The molecule has 0 saturated heterocycles. The number of nitrogens with zero attached hydrogens (tertiary/aromatic N) is 1. The summed E-state index contributed by atoms with van der Waals surface area (Å²) in [6, 6.07) is 4.26. The van der Waals surface area contributed by atoms with Crippen molar-refractivity contribution >= 4 is 23.3 Å². The number of ketones is 1. The fraction of sp³-hybridized carbons (Fsp3) is 0.458. The second-order valence-corrected chi connectivity index (χ2v) is 8.71. The summed E-state index contributed by atoms with van der Waals surface area (Å²) in [5.41, 5.74) is 1.18. The van der Waals surface area contributed by atoms with E-state index in [4.69, 9.17) is 0 Å². The average Bonchev–Trinajstić information content (AvgIpc) is 2.97. The zero-order valence-electron chi connectivity index (χ0n) is 19.0. The van der Waals surface area contributed by atoms with Crippen LogP contribution in [0.5, 0.6) is 0 Å². The third-order valence-electron chi connectivity index (χ3n) is 6.36. The smallest absolute Gasteiger partial charge is 0.294 e. The highest BCUT2D eigenvalue weighted by Gasteiger charge is 2.32. The molecule has 0 unspecified atom stereocenters. The van der Waals surface area contributed by atoms with E-state index < -0.39 is 23.2 Å². The molecule has 8 heteroatoms. The van der Waals surface area contributed by atoms with E-state index in [0.29, 0.717) is 35.3 Å². The zero-order valence-corrected chi connectivity index (χ0v) is 19.0. The number of rotatable bonds is 6. The summed E-state index contributed by atoms with van der Waals surface area (Å²) in [5, 5.41) is 15.9. The molecule has 3 rings (SSSR count). The highest BCUT2D eigenvalue weighted by molar-refractivity contribution is 6.43. The summed E-state index contributed by atoms with van der Waals surface area (Å²) in [4.78, 5) is 38.4. The molecule has 1 saturated carbocycles. The Labute approximate surface area is 187 Å². The molecule has 1 aromatic carbocycles. The van der Waals surface area contributed by atoms with Crippen LogP contribution in [0, 0.1) is 26.6 Å². The van der Waals surface area contributed by atoms with E-state index in [1.807, 2.05) is 0 Å². The van der Waals surface area contributed by atoms with Gasteiger partial charge in [0.25, 0.3) is 17.6 Å². The number of benzene rings is 1. The molecule has 32 heavy (non-hydrogen) atoms. The molecule has 2 amide bonds. The van der Waals surface area contributed by atoms with Crippen molar-refractivity contribution in [2.45, 2.75) is 58.5 Å². The molecule has 172 valence electrons. The van der Waals surface area contributed by atoms with Crippen LogP contribution in [-0.4, -0.2) is 39.4 Å². The molecule has 0 radical (unpaired) electrons. The lowest BCUT2D eigenvalue weighted by Gasteiger charge is -2.31. The number of halogens is 1. The summed E-state index contributed by atoms with van der Waals surface area (Å²) in [6.45, 7) is 4.94. The Morgan fingerprint density at radius 2 is 1.78 bits per heavy atom. The van der Waals surface area contributed by atoms with Crippen LogP contribution >= 0.6 is 0 Å². The SMILES string of the molecule is Cc1cc(NC(=O)c2c(C)c(C(=O)C(=O)NCC3(O)CCCCC3)n(C)c2C)ccc1F. The number of carbonyl (C=O) groups excluding carboxylic acids is 3. The van der Waals surface area contributed by atoms with Crippen LogP contribution in [0.2, 0.25) is 0 Å². The van der Waals surface area contributed by atoms with E-state index >= 15 is 0 Å². The summed E-state index contributed by atoms with van der Waals surface area (Å²) in [6.07, 6.45) is 4.03. The number of aryl methyl sites for hydroxylation is 1. The molecular formula is C24H30FN3O4. The minimum absolute atomic E-state index is 0.0251. The number of aliphatic hydroxyl groups is 1. The van der Waals surface area contributed by atoms with Crippen LogP contribution in [0.15, 0.2) is 18.2 Å². The van der Waals surface area contributed by atoms with E-state index in [1.165, 1.54) is 22.8 Å². The lowest BCUT2D eigenvalue weighted by Crippen LogP contribution is -2.46. The Morgan fingerprint density at radius 1 is 1.12 bits per heavy atom. The Balaban J connectivity index is 1.78. The van der Waals surface area contributed by atoms with Crippen molar-refractivity contribution in [1.82, 2.24) is 9.88 Å². The van der Waals surface area contributed by atoms with Gasteiger partial charge in [0.15, 0.2) is 0 Å². The average molecular weight is 444 g/mol. The normalized spacial score (nSPS) is 15.3. The topological polar surface area (TPSA) is 100 Å². The summed E-state index contributed by atoms with van der Waals surface area (Å²) < 4.78 is 15.0. The van der Waals surface area contributed by atoms with Crippen molar-refractivity contribution in [2.75, 3.05) is 11.9 Å². The first-order valence-corrected chi connectivity index (χ1v) is 10.8. The maximum Gasteiger partial charge on any atom is 0.294 e. The van der Waals surface area contributed by atoms with Crippen LogP contribution < -0.4 is 10.6 Å². The third kappa shape index (κ3) is 4.75. The summed E-state index contributed by atoms with van der Waals surface area (Å²) in [7, 11) is 1.62. The predicted octanol–water partition coefficient (Wildman–Crippen LogP) is 3.34. The van der Waals surface area contributed by atoms with E-state index in [0.717, 1.165) is 19.3 Å². The molecule has 2 aromatic rings. The van der Waals surface area contributed by atoms with Crippen LogP contribution in [0.25, 0.3) is 0 Å². The zero-order chi connectivity index (χ0) is 23.6. The number of carbonyl (C=O) groups is 3. The van der Waals surface area contributed by atoms with Gasteiger partial charge in [-0.3, -0.25) is 14.4 Å². The van der Waals surface area contributed by atoms with Gasteiger partial charge in [-0.25, -0.2) is 4.39 Å². The van der Waals surface area contributed by atoms with Gasteiger partial charge in [0.1, 0.15) is 5.82 Å². The summed E-state index contributed by atoms with van der Waals surface area (Å²) in [5.74, 6) is -2.39. The fourth-order valence-corrected chi connectivity index (χ4v) is 4.37. The van der Waals surface area contributed by atoms with Crippen LogP contribution in [0.3, 0.4) is 0 Å². The van der Waals surface area contributed by atoms with Crippen LogP contribution in [0.4, 0.5) is 10.1 Å². The molecule has 1 aromatic heterocycles. The Bertz CT molecular complexity index is 1070. The minimum Gasteiger partial charge on any atom is -0.388 e. The Kier molecular flexibility index (Phi) is 6.83. The van der Waals surface area contributed by atoms with Gasteiger partial charge in [-0.1, -0.05) is 19.3 Å². The van der Waals surface area contributed by atoms with Crippen LogP contribution in [0.1, 0.15) is 69.8 Å². The van der Waals surface area contributed by atoms with Gasteiger partial charge in [0.05, 0.1) is 16.9 Å². The highest BCUT2D eigenvalue weighted by Crippen LogP contribution is 2.27. The largest absolute Gasteiger partial charge is 0.388 e. The molecule has 1 aliphatic rings. The molecule has 0 spiro atoms. The molecule has 0 atom stereocenters. The number of nitrogens with one attached hydrogen (secondary N) is 2. The monoisotopic (exact) mass is 443 g/mol. The number of hydrogen-bond acceptors (Lipinski definition) is 4. The first-order chi connectivity index (χ1) is 15.0. The first kappa shape index (κ1) is 23.7. The van der Waals surface area contributed by atoms with Gasteiger partial charge in [-0.05, 0) is 62.9 Å². The second-order valence-electron chi connectivity index (χ2n) is 8.71. The second kappa shape index (κ2) is 9.24. The van der Waals surface area contributed by atoms with Gasteiger partial charge in [0, 0.05) is 25.0 Å². The first-order valence-electron chi connectivity index (χ1n) is 10.8. The summed E-state index contributed by atoms with van der Waals surface area (Å²) >= 11 is 0. The number of anilines is 1. The quantitative estimate of drug-likeness (QED) is 0.471. The molecule has 0 aliphatic heterocycles. The van der Waals surface area contributed by atoms with E-state index in [9.17, 15) is 23.9 Å². The van der Waals surface area contributed by atoms with Gasteiger partial charge < -0.3 is 20.3 Å². The van der Waals surface area contributed by atoms with Crippen molar-refractivity contribution in [3.8, 4) is 0 Å². The molecule has 7 nitrogen and oxygen atoms in total. The standard InChI is InChI=1S/C24H30FN3O4/c1-14-12-17(8-9-18(14)25)27-22(30)19-15(2)20(28(4)16(19)3)21(29)23(31)26-13-24(32)10-6-5-7-11-24/h8-9,12,32H,5-7,10-11,13H2,1-4H3,(H,26,31)(H,27,30). The van der Waals surface area contributed by atoms with Gasteiger partial charge in [-0.2, -0.15) is 0 Å². The number of Topliss-reactive ketones (excluding diaryl/α,β-unsaturated/α-hetero) is 1. The van der Waals surface area contributed by atoms with E-state index in [-0.39, 0.29) is 23.6 Å². The lowest BCUT2D eigenvalue weighted by atomic mass is 9.85. The molecular weight excluding hydrogens is 413 g/mol. The predicted molar refractivity (Wildman–Crippen MR) is 119 cm³/mol. The fourth-order valence-electron chi connectivity index (χ4n) is 4.37. The van der Waals surface area contributed by atoms with Crippen molar-refractivity contribution < 1.29 is 23.9 Å². The maximum atomic E-state index is 13.5. The molecule has 1 fully saturated rings. The highest BCUT2D eigenvalue weighted by atomic mass is 19.1. The molecule has 0 bridgehead atoms. The minimum atomic E-state index is -0.980. The number of hydrogen-bond donors (Lipinski definition) is 3. The van der Waals surface area contributed by atoms with Crippen LogP contribution in [-0.2, 0) is 11.8 Å². The number of aromatic nitrogens is 1. The van der Waals surface area contributed by atoms with E-state index in [1.54, 1.807) is 27.8 Å². The van der Waals surface area contributed by atoms with Gasteiger partial charge in [0.2, 0.25) is 0 Å². The maximum absolute atomic E-state index is 13.5. The van der Waals surface area contributed by atoms with Gasteiger partial charge in [-0.15, -0.1) is 0 Å². The lowest BCUT2D eigenvalue weighted by molar-refractivity contribution is -0.118. The molecule has 1 aliphatic carbocycles. The third-order valence-corrected chi connectivity index (χ3v) is 6.36. The molecule has 1 heterocycles. The van der Waals surface area contributed by atoms with E-state index in [2.05, 4.69) is 10.6 Å². The van der Waals surface area contributed by atoms with Crippen molar-refractivity contribution in [3.63, 3.8) is 0 Å². The van der Waals surface area contributed by atoms with Crippen molar-refractivity contribution in [1.29, 1.82) is 0 Å². The molecule has 3 N–H and O–H groups in total. The van der Waals surface area contributed by atoms with Gasteiger partial charge >= 0.3 is 0 Å². The Morgan fingerprint density at radius 3 is 2.41 bits per heavy atom. The number of amides is 2. The van der Waals surface area contributed by atoms with Crippen molar-refractivity contribution in [2.24, 2.45) is 7.05 Å². The Hall–Kier alpha value is -3.00.